The van der Waals surface area contributed by atoms with E-state index >= 15 is 0 Å². The number of carboxylic acid groups (broad SMARTS) is 1. The van der Waals surface area contributed by atoms with Crippen molar-refractivity contribution in [3.8, 4) is 0 Å². The van der Waals surface area contributed by atoms with E-state index in [1.54, 1.807) is 36.4 Å². The Hall–Kier alpha value is -3.06. The van der Waals surface area contributed by atoms with Crippen LogP contribution in [0.3, 0.4) is 0 Å². The van der Waals surface area contributed by atoms with Crippen LogP contribution in [0.5, 0.6) is 0 Å². The average molecular weight is 361 g/mol. The minimum Gasteiger partial charge on any atom is -0.480 e. The lowest BCUT2D eigenvalue weighted by atomic mass is 10.0. The highest BCUT2D eigenvalue weighted by atomic mass is 35.5. The zero-order chi connectivity index (χ0) is 18.0. The van der Waals surface area contributed by atoms with Crippen LogP contribution in [0, 0.1) is 0 Å². The smallest absolute Gasteiger partial charge is 0.417 e. The number of carboxylic acids is 1. The topological polar surface area (TPSA) is 112 Å². The first kappa shape index (κ1) is 16.8. The molecule has 3 rings (SSSR count). The first-order valence-corrected chi connectivity index (χ1v) is 7.72. The van der Waals surface area contributed by atoms with Crippen molar-refractivity contribution >= 4 is 34.6 Å². The average Bonchev–Trinajstić information content (AvgIpc) is 2.93. The van der Waals surface area contributed by atoms with Gasteiger partial charge in [0.2, 0.25) is 0 Å². The molecule has 0 bridgehead atoms. The number of aromatic amines is 1. The molecule has 8 heteroatoms. The van der Waals surface area contributed by atoms with Crippen molar-refractivity contribution in [1.29, 1.82) is 0 Å². The maximum atomic E-state index is 12.3. The third kappa shape index (κ3) is 3.72. The number of H-pyrrole nitrogens is 1. The van der Waals surface area contributed by atoms with E-state index in [0.717, 1.165) is 0 Å². The van der Waals surface area contributed by atoms with Gasteiger partial charge in [-0.15, -0.1) is 0 Å². The Labute approximate surface area is 146 Å². The third-order valence-corrected chi connectivity index (χ3v) is 3.97. The Balaban J connectivity index is 1.81. The van der Waals surface area contributed by atoms with Gasteiger partial charge >= 0.3 is 11.7 Å². The van der Waals surface area contributed by atoms with Crippen molar-refractivity contribution in [2.75, 3.05) is 0 Å². The lowest BCUT2D eigenvalue weighted by Gasteiger charge is -2.15. The van der Waals surface area contributed by atoms with Crippen molar-refractivity contribution < 1.29 is 19.1 Å². The van der Waals surface area contributed by atoms with Crippen LogP contribution in [0.25, 0.3) is 11.1 Å². The molecule has 1 heterocycles. The second-order valence-electron chi connectivity index (χ2n) is 5.39. The largest absolute Gasteiger partial charge is 0.480 e. The Bertz CT molecular complexity index is 1010. The molecule has 0 spiro atoms. The zero-order valence-corrected chi connectivity index (χ0v) is 13.5. The normalized spacial score (nSPS) is 12.0. The third-order valence-electron chi connectivity index (χ3n) is 3.65. The summed E-state index contributed by atoms with van der Waals surface area (Å²) in [6.07, 6.45) is 0.0364. The molecule has 3 N–H and O–H groups in total. The summed E-state index contributed by atoms with van der Waals surface area (Å²) in [5, 5.41) is 12.1. The number of benzene rings is 2. The number of oxazole rings is 1. The van der Waals surface area contributed by atoms with Gasteiger partial charge in [0.25, 0.3) is 5.91 Å². The van der Waals surface area contributed by atoms with E-state index in [0.29, 0.717) is 16.7 Å². The number of hydrogen-bond donors (Lipinski definition) is 3. The fourth-order valence-electron chi connectivity index (χ4n) is 2.44. The van der Waals surface area contributed by atoms with Crippen LogP contribution in [0.4, 0.5) is 0 Å². The molecular weight excluding hydrogens is 348 g/mol. The monoisotopic (exact) mass is 360 g/mol. The molecule has 0 saturated carbocycles. The minimum atomic E-state index is -1.18. The number of rotatable bonds is 5. The van der Waals surface area contributed by atoms with E-state index in [-0.39, 0.29) is 17.0 Å². The van der Waals surface area contributed by atoms with Gasteiger partial charge in [0.1, 0.15) is 6.04 Å². The predicted octanol–water partition coefficient (Wildman–Crippen LogP) is 2.20. The van der Waals surface area contributed by atoms with Crippen molar-refractivity contribution in [3.63, 3.8) is 0 Å². The van der Waals surface area contributed by atoms with E-state index in [4.69, 9.17) is 16.0 Å². The summed E-state index contributed by atoms with van der Waals surface area (Å²) in [5.74, 6) is -2.34. The molecule has 25 heavy (non-hydrogen) atoms. The van der Waals surface area contributed by atoms with E-state index in [1.807, 2.05) is 0 Å². The molecule has 0 aliphatic carbocycles. The summed E-state index contributed by atoms with van der Waals surface area (Å²) in [4.78, 5) is 37.4. The van der Waals surface area contributed by atoms with Gasteiger partial charge in [0, 0.05) is 6.42 Å². The minimum absolute atomic E-state index is 0.0364. The van der Waals surface area contributed by atoms with Crippen LogP contribution in [0.1, 0.15) is 15.9 Å². The number of amides is 1. The molecular formula is C17H13ClN2O5. The molecule has 0 aliphatic heterocycles. The van der Waals surface area contributed by atoms with E-state index in [9.17, 15) is 19.5 Å². The van der Waals surface area contributed by atoms with Crippen molar-refractivity contribution in [3.05, 3.63) is 69.2 Å². The Kier molecular flexibility index (Phi) is 4.58. The van der Waals surface area contributed by atoms with E-state index < -0.39 is 23.7 Å². The first-order chi connectivity index (χ1) is 11.9. The summed E-state index contributed by atoms with van der Waals surface area (Å²) in [5.41, 5.74) is 1.66. The number of carbonyl (C=O) groups is 2. The van der Waals surface area contributed by atoms with Gasteiger partial charge in [-0.2, -0.15) is 0 Å². The maximum Gasteiger partial charge on any atom is 0.417 e. The molecule has 3 aromatic rings. The summed E-state index contributed by atoms with van der Waals surface area (Å²) in [6.45, 7) is 0. The van der Waals surface area contributed by atoms with Crippen LogP contribution in [-0.4, -0.2) is 28.0 Å². The van der Waals surface area contributed by atoms with Crippen molar-refractivity contribution in [2.45, 2.75) is 12.5 Å². The van der Waals surface area contributed by atoms with Gasteiger partial charge in [0.15, 0.2) is 5.58 Å². The summed E-state index contributed by atoms with van der Waals surface area (Å²) in [7, 11) is 0. The van der Waals surface area contributed by atoms with Crippen LogP contribution in [-0.2, 0) is 11.2 Å². The number of nitrogens with one attached hydrogen (secondary N) is 2. The second kappa shape index (κ2) is 6.82. The SMILES string of the molecule is O=C(NC(Cc1ccc2oc(=O)[nH]c2c1)C(=O)O)c1ccccc1Cl. The molecule has 0 radical (unpaired) electrons. The standard InChI is InChI=1S/C17H13ClN2O5/c18-11-4-2-1-3-10(11)15(21)19-13(16(22)23)8-9-5-6-14-12(7-9)20-17(24)25-14/h1-7,13H,8H2,(H,19,21)(H,20,24)(H,22,23). The van der Waals surface area contributed by atoms with Gasteiger partial charge < -0.3 is 14.8 Å². The molecule has 1 aromatic heterocycles. The highest BCUT2D eigenvalue weighted by molar-refractivity contribution is 6.33. The zero-order valence-electron chi connectivity index (χ0n) is 12.8. The van der Waals surface area contributed by atoms with Crippen molar-refractivity contribution in [1.82, 2.24) is 10.3 Å². The van der Waals surface area contributed by atoms with E-state index in [1.165, 1.54) is 6.07 Å². The Morgan fingerprint density at radius 3 is 2.72 bits per heavy atom. The summed E-state index contributed by atoms with van der Waals surface area (Å²) in [6, 6.07) is 10.0. The van der Waals surface area contributed by atoms with Gasteiger partial charge in [-0.3, -0.25) is 9.78 Å². The van der Waals surface area contributed by atoms with Crippen LogP contribution in [0.15, 0.2) is 51.7 Å². The molecule has 1 unspecified atom stereocenters. The van der Waals surface area contributed by atoms with Gasteiger partial charge in [-0.1, -0.05) is 29.8 Å². The quantitative estimate of drug-likeness (QED) is 0.645. The highest BCUT2D eigenvalue weighted by Crippen LogP contribution is 2.16. The van der Waals surface area contributed by atoms with Gasteiger partial charge in [-0.25, -0.2) is 9.59 Å². The van der Waals surface area contributed by atoms with Gasteiger partial charge in [-0.05, 0) is 29.8 Å². The molecule has 1 atom stereocenters. The Morgan fingerprint density at radius 2 is 2.00 bits per heavy atom. The molecule has 0 aliphatic rings. The molecule has 0 saturated heterocycles. The van der Waals surface area contributed by atoms with Crippen LogP contribution >= 0.6 is 11.6 Å². The number of halogens is 1. The molecule has 7 nitrogen and oxygen atoms in total. The highest BCUT2D eigenvalue weighted by Gasteiger charge is 2.22. The first-order valence-electron chi connectivity index (χ1n) is 7.34. The number of hydrogen-bond acceptors (Lipinski definition) is 4. The molecule has 2 aromatic carbocycles. The lowest BCUT2D eigenvalue weighted by Crippen LogP contribution is -2.42. The summed E-state index contributed by atoms with van der Waals surface area (Å²) >= 11 is 5.96. The van der Waals surface area contributed by atoms with Crippen LogP contribution < -0.4 is 11.1 Å². The predicted molar refractivity (Wildman–Crippen MR) is 90.9 cm³/mol. The molecule has 0 fully saturated rings. The van der Waals surface area contributed by atoms with Crippen molar-refractivity contribution in [2.24, 2.45) is 0 Å². The number of fused-ring (bicyclic) bond motifs is 1. The van der Waals surface area contributed by atoms with Crippen LogP contribution in [0.2, 0.25) is 5.02 Å². The fourth-order valence-corrected chi connectivity index (χ4v) is 2.66. The Morgan fingerprint density at radius 1 is 1.24 bits per heavy atom. The number of aliphatic carboxylic acids is 1. The van der Waals surface area contributed by atoms with E-state index in [2.05, 4.69) is 10.3 Å². The fraction of sp³-hybridized carbons (Fsp3) is 0.118. The maximum absolute atomic E-state index is 12.3. The lowest BCUT2D eigenvalue weighted by molar-refractivity contribution is -0.139. The second-order valence-corrected chi connectivity index (χ2v) is 5.80. The molecule has 1 amide bonds. The molecule has 128 valence electrons. The van der Waals surface area contributed by atoms with Gasteiger partial charge in [0.05, 0.1) is 16.1 Å². The number of carbonyl (C=O) groups excluding carboxylic acids is 1. The summed E-state index contributed by atoms with van der Waals surface area (Å²) < 4.78 is 4.90. The number of aromatic nitrogens is 1.